The Morgan fingerprint density at radius 3 is 2.70 bits per heavy atom. The van der Waals surface area contributed by atoms with Crippen molar-refractivity contribution in [2.24, 2.45) is 0 Å². The minimum Gasteiger partial charge on any atom is -0.336 e. The molecule has 0 atom stereocenters. The normalized spacial score (nSPS) is 18.4. The standard InChI is InChI=1S/C14H16FN3O2/c15-11-8-12-9(1-2-13(19)17-12)7-10(11)14(20)18-5-3-16-4-6-18/h7-8,16H,1-6H2,(H,17,19). The van der Waals surface area contributed by atoms with Gasteiger partial charge < -0.3 is 15.5 Å². The van der Waals surface area contributed by atoms with Crippen molar-refractivity contribution in [1.82, 2.24) is 10.2 Å². The van der Waals surface area contributed by atoms with Crippen molar-refractivity contribution in [2.45, 2.75) is 12.8 Å². The second-order valence-corrected chi connectivity index (χ2v) is 5.08. The number of hydrogen-bond donors (Lipinski definition) is 2. The van der Waals surface area contributed by atoms with Gasteiger partial charge in [-0.25, -0.2) is 4.39 Å². The molecular weight excluding hydrogens is 261 g/mol. The highest BCUT2D eigenvalue weighted by Gasteiger charge is 2.24. The quantitative estimate of drug-likeness (QED) is 0.796. The molecule has 2 aliphatic rings. The van der Waals surface area contributed by atoms with Gasteiger partial charge in [-0.05, 0) is 24.1 Å². The van der Waals surface area contributed by atoms with E-state index in [9.17, 15) is 14.0 Å². The Morgan fingerprint density at radius 2 is 1.95 bits per heavy atom. The van der Waals surface area contributed by atoms with Gasteiger partial charge in [-0.3, -0.25) is 9.59 Å². The summed E-state index contributed by atoms with van der Waals surface area (Å²) in [6, 6.07) is 2.83. The van der Waals surface area contributed by atoms with Crippen molar-refractivity contribution in [3.8, 4) is 0 Å². The number of amides is 2. The monoisotopic (exact) mass is 277 g/mol. The van der Waals surface area contributed by atoms with E-state index in [0.717, 1.165) is 18.7 Å². The van der Waals surface area contributed by atoms with Crippen LogP contribution in [0.25, 0.3) is 0 Å². The van der Waals surface area contributed by atoms with Crippen molar-refractivity contribution < 1.29 is 14.0 Å². The van der Waals surface area contributed by atoms with Crippen molar-refractivity contribution in [3.05, 3.63) is 29.1 Å². The summed E-state index contributed by atoms with van der Waals surface area (Å²) in [5.74, 6) is -0.962. The molecule has 0 aromatic heterocycles. The number of aryl methyl sites for hydroxylation is 1. The van der Waals surface area contributed by atoms with Crippen LogP contribution in [0.1, 0.15) is 22.3 Å². The van der Waals surface area contributed by atoms with Crippen LogP contribution >= 0.6 is 0 Å². The average Bonchev–Trinajstić information content (AvgIpc) is 2.46. The molecule has 0 radical (unpaired) electrons. The molecule has 2 aliphatic heterocycles. The fourth-order valence-electron chi connectivity index (χ4n) is 2.60. The molecule has 2 amide bonds. The number of rotatable bonds is 1. The lowest BCUT2D eigenvalue weighted by molar-refractivity contribution is -0.116. The zero-order chi connectivity index (χ0) is 14.1. The molecule has 1 fully saturated rings. The Balaban J connectivity index is 1.89. The van der Waals surface area contributed by atoms with Crippen LogP contribution < -0.4 is 10.6 Å². The first kappa shape index (κ1) is 13.1. The number of nitrogens with one attached hydrogen (secondary N) is 2. The van der Waals surface area contributed by atoms with Crippen LogP contribution in [0, 0.1) is 5.82 Å². The molecule has 5 nitrogen and oxygen atoms in total. The highest BCUT2D eigenvalue weighted by molar-refractivity contribution is 5.98. The SMILES string of the molecule is O=C1CCc2cc(C(=O)N3CCNCC3)c(F)cc2N1. The van der Waals surface area contributed by atoms with Gasteiger partial charge in [-0.15, -0.1) is 0 Å². The van der Waals surface area contributed by atoms with Gasteiger partial charge >= 0.3 is 0 Å². The molecule has 20 heavy (non-hydrogen) atoms. The van der Waals surface area contributed by atoms with E-state index < -0.39 is 5.82 Å². The summed E-state index contributed by atoms with van der Waals surface area (Å²) < 4.78 is 14.1. The van der Waals surface area contributed by atoms with Crippen LogP contribution in [0.5, 0.6) is 0 Å². The number of fused-ring (bicyclic) bond motifs is 1. The lowest BCUT2D eigenvalue weighted by Gasteiger charge is -2.28. The van der Waals surface area contributed by atoms with Crippen LogP contribution in [0.15, 0.2) is 12.1 Å². The molecular formula is C14H16FN3O2. The first-order valence-corrected chi connectivity index (χ1v) is 6.77. The van der Waals surface area contributed by atoms with Gasteiger partial charge in [0, 0.05) is 38.3 Å². The molecule has 0 saturated carbocycles. The number of halogens is 1. The zero-order valence-electron chi connectivity index (χ0n) is 11.0. The Labute approximate surface area is 116 Å². The fourth-order valence-corrected chi connectivity index (χ4v) is 2.60. The zero-order valence-corrected chi connectivity index (χ0v) is 11.0. The van der Waals surface area contributed by atoms with E-state index in [1.807, 2.05) is 0 Å². The van der Waals surface area contributed by atoms with Crippen molar-refractivity contribution in [1.29, 1.82) is 0 Å². The van der Waals surface area contributed by atoms with Crippen LogP contribution in [0.2, 0.25) is 0 Å². The number of nitrogens with zero attached hydrogens (tertiary/aromatic N) is 1. The van der Waals surface area contributed by atoms with Crippen molar-refractivity contribution in [3.63, 3.8) is 0 Å². The number of carbonyl (C=O) groups excluding carboxylic acids is 2. The molecule has 0 aliphatic carbocycles. The summed E-state index contributed by atoms with van der Waals surface area (Å²) in [6.07, 6.45) is 0.920. The maximum Gasteiger partial charge on any atom is 0.256 e. The van der Waals surface area contributed by atoms with Crippen LogP contribution in [0.4, 0.5) is 10.1 Å². The highest BCUT2D eigenvalue weighted by atomic mass is 19.1. The maximum absolute atomic E-state index is 14.1. The molecule has 2 N–H and O–H groups in total. The molecule has 0 bridgehead atoms. The van der Waals surface area contributed by atoms with Gasteiger partial charge in [0.25, 0.3) is 5.91 Å². The summed E-state index contributed by atoms with van der Waals surface area (Å²) in [7, 11) is 0. The van der Waals surface area contributed by atoms with Crippen LogP contribution in [-0.4, -0.2) is 42.9 Å². The van der Waals surface area contributed by atoms with Crippen LogP contribution in [0.3, 0.4) is 0 Å². The van der Waals surface area contributed by atoms with Gasteiger partial charge in [0.05, 0.1) is 5.56 Å². The third-order valence-corrected chi connectivity index (χ3v) is 3.72. The molecule has 1 aromatic rings. The summed E-state index contributed by atoms with van der Waals surface area (Å²) in [5, 5.41) is 5.79. The number of anilines is 1. The summed E-state index contributed by atoms with van der Waals surface area (Å²) in [6.45, 7) is 2.64. The Bertz CT molecular complexity index is 568. The third kappa shape index (κ3) is 2.38. The smallest absolute Gasteiger partial charge is 0.256 e. The Morgan fingerprint density at radius 1 is 1.20 bits per heavy atom. The van der Waals surface area contributed by atoms with E-state index in [1.165, 1.54) is 6.07 Å². The van der Waals surface area contributed by atoms with E-state index in [0.29, 0.717) is 31.6 Å². The van der Waals surface area contributed by atoms with Gasteiger partial charge in [-0.1, -0.05) is 0 Å². The van der Waals surface area contributed by atoms with Crippen molar-refractivity contribution in [2.75, 3.05) is 31.5 Å². The molecule has 2 heterocycles. The largest absolute Gasteiger partial charge is 0.336 e. The van der Waals surface area contributed by atoms with Gasteiger partial charge in [0.15, 0.2) is 0 Å². The fraction of sp³-hybridized carbons (Fsp3) is 0.429. The molecule has 6 heteroatoms. The minimum absolute atomic E-state index is 0.0989. The first-order chi connectivity index (χ1) is 9.65. The predicted octanol–water partition coefficient (Wildman–Crippen LogP) is 0.756. The third-order valence-electron chi connectivity index (χ3n) is 3.72. The molecule has 0 unspecified atom stereocenters. The van der Waals surface area contributed by atoms with Crippen LogP contribution in [-0.2, 0) is 11.2 Å². The van der Waals surface area contributed by atoms with Crippen molar-refractivity contribution >= 4 is 17.5 Å². The lowest BCUT2D eigenvalue weighted by Crippen LogP contribution is -2.46. The molecule has 3 rings (SSSR count). The lowest BCUT2D eigenvalue weighted by atomic mass is 9.99. The summed E-state index contributed by atoms with van der Waals surface area (Å²) in [5.41, 5.74) is 1.40. The topological polar surface area (TPSA) is 61.4 Å². The Hall–Kier alpha value is -1.95. The number of benzene rings is 1. The molecule has 106 valence electrons. The maximum atomic E-state index is 14.1. The first-order valence-electron chi connectivity index (χ1n) is 6.77. The molecule has 1 aromatic carbocycles. The highest BCUT2D eigenvalue weighted by Crippen LogP contribution is 2.26. The van der Waals surface area contributed by atoms with E-state index in [-0.39, 0.29) is 17.4 Å². The summed E-state index contributed by atoms with van der Waals surface area (Å²) >= 11 is 0. The van der Waals surface area contributed by atoms with Gasteiger partial charge in [0.2, 0.25) is 5.91 Å². The average molecular weight is 277 g/mol. The van der Waals surface area contributed by atoms with E-state index in [4.69, 9.17) is 0 Å². The minimum atomic E-state index is -0.575. The second-order valence-electron chi connectivity index (χ2n) is 5.08. The van der Waals surface area contributed by atoms with E-state index in [1.54, 1.807) is 11.0 Å². The summed E-state index contributed by atoms with van der Waals surface area (Å²) in [4.78, 5) is 25.3. The molecule has 0 spiro atoms. The molecule has 1 saturated heterocycles. The number of piperazine rings is 1. The van der Waals surface area contributed by atoms with E-state index in [2.05, 4.69) is 10.6 Å². The number of carbonyl (C=O) groups is 2. The van der Waals surface area contributed by atoms with E-state index >= 15 is 0 Å². The number of hydrogen-bond acceptors (Lipinski definition) is 3. The predicted molar refractivity (Wildman–Crippen MR) is 72.1 cm³/mol. The van der Waals surface area contributed by atoms with Gasteiger partial charge in [-0.2, -0.15) is 0 Å². The van der Waals surface area contributed by atoms with Gasteiger partial charge in [0.1, 0.15) is 5.82 Å². The second kappa shape index (κ2) is 5.20. The Kier molecular flexibility index (Phi) is 3.40.